The Kier molecular flexibility index (Phi) is 4.02. The highest BCUT2D eigenvalue weighted by Gasteiger charge is 2.13. The number of amides is 1. The number of hydrogen-bond acceptors (Lipinski definition) is 2. The minimum atomic E-state index is -0.472. The molecule has 1 aromatic heterocycles. The summed E-state index contributed by atoms with van der Waals surface area (Å²) in [5.74, 6) is -0.923. The molecule has 19 heavy (non-hydrogen) atoms. The van der Waals surface area contributed by atoms with Crippen LogP contribution in [0.25, 0.3) is 0 Å². The van der Waals surface area contributed by atoms with Crippen molar-refractivity contribution in [2.24, 2.45) is 0 Å². The Hall–Kier alpha value is -1.65. The summed E-state index contributed by atoms with van der Waals surface area (Å²) in [6.07, 6.45) is 0. The van der Waals surface area contributed by atoms with Gasteiger partial charge in [0.15, 0.2) is 0 Å². The molecule has 0 spiro atoms. The average Bonchev–Trinajstić information content (AvgIpc) is 2.35. The number of hydrogen-bond donors (Lipinski definition) is 1. The number of benzene rings is 1. The van der Waals surface area contributed by atoms with Gasteiger partial charge in [-0.15, -0.1) is 0 Å². The van der Waals surface area contributed by atoms with Crippen molar-refractivity contribution in [2.45, 2.75) is 6.92 Å². The number of aromatic nitrogens is 1. The van der Waals surface area contributed by atoms with Crippen molar-refractivity contribution in [1.29, 1.82) is 0 Å². The first-order chi connectivity index (χ1) is 8.97. The molecule has 1 amide bonds. The van der Waals surface area contributed by atoms with E-state index in [2.05, 4.69) is 10.3 Å². The van der Waals surface area contributed by atoms with Gasteiger partial charge in [-0.2, -0.15) is 0 Å². The van der Waals surface area contributed by atoms with Crippen LogP contribution < -0.4 is 5.32 Å². The summed E-state index contributed by atoms with van der Waals surface area (Å²) in [7, 11) is 0. The fraction of sp³-hybridized carbons (Fsp3) is 0.0769. The van der Waals surface area contributed by atoms with E-state index >= 15 is 0 Å². The molecule has 1 aromatic carbocycles. The van der Waals surface area contributed by atoms with E-state index in [9.17, 15) is 9.18 Å². The molecule has 0 saturated carbocycles. The molecule has 0 radical (unpaired) electrons. The molecular formula is C13H9Cl2FN2O. The Morgan fingerprint density at radius 3 is 2.68 bits per heavy atom. The molecule has 0 aliphatic carbocycles. The van der Waals surface area contributed by atoms with Gasteiger partial charge in [0.05, 0.1) is 10.7 Å². The summed E-state index contributed by atoms with van der Waals surface area (Å²) in [6, 6.07) is 7.00. The minimum absolute atomic E-state index is 0.119. The maximum atomic E-state index is 12.9. The van der Waals surface area contributed by atoms with E-state index in [0.29, 0.717) is 11.3 Å². The molecule has 1 N–H and O–H groups in total. The summed E-state index contributed by atoms with van der Waals surface area (Å²) < 4.78 is 12.9. The van der Waals surface area contributed by atoms with Crippen LogP contribution >= 0.6 is 23.2 Å². The Morgan fingerprint density at radius 2 is 2.00 bits per heavy atom. The third kappa shape index (κ3) is 3.22. The van der Waals surface area contributed by atoms with Crippen LogP contribution in [0.1, 0.15) is 16.1 Å². The van der Waals surface area contributed by atoms with Crippen LogP contribution in [0.3, 0.4) is 0 Å². The predicted octanol–water partition coefficient (Wildman–Crippen LogP) is 4.09. The number of rotatable bonds is 2. The van der Waals surface area contributed by atoms with Crippen LogP contribution in [0.15, 0.2) is 30.3 Å². The van der Waals surface area contributed by atoms with Gasteiger partial charge in [0, 0.05) is 0 Å². The van der Waals surface area contributed by atoms with Crippen LogP contribution in [0.4, 0.5) is 10.1 Å². The fourth-order valence-corrected chi connectivity index (χ4v) is 1.87. The molecule has 6 heteroatoms. The van der Waals surface area contributed by atoms with E-state index in [-0.39, 0.29) is 15.9 Å². The predicted molar refractivity (Wildman–Crippen MR) is 73.3 cm³/mol. The van der Waals surface area contributed by atoms with Crippen LogP contribution in [0.5, 0.6) is 0 Å². The van der Waals surface area contributed by atoms with Crippen molar-refractivity contribution in [3.63, 3.8) is 0 Å². The molecule has 0 aliphatic heterocycles. The zero-order valence-corrected chi connectivity index (χ0v) is 11.4. The summed E-state index contributed by atoms with van der Waals surface area (Å²) >= 11 is 11.6. The van der Waals surface area contributed by atoms with Crippen LogP contribution in [0, 0.1) is 12.7 Å². The van der Waals surface area contributed by atoms with Gasteiger partial charge in [-0.3, -0.25) is 4.79 Å². The zero-order chi connectivity index (χ0) is 14.0. The number of pyridine rings is 1. The summed E-state index contributed by atoms with van der Waals surface area (Å²) in [4.78, 5) is 16.0. The standard InChI is InChI=1S/C13H9Cl2FN2O/c1-7-2-5-11(15)18-12(7)13(19)17-10-4-3-8(16)6-9(10)14/h2-6H,1H3,(H,17,19). The second-order valence-corrected chi connectivity index (χ2v) is 4.67. The first-order valence-corrected chi connectivity index (χ1v) is 6.12. The number of nitrogens with one attached hydrogen (secondary N) is 1. The van der Waals surface area contributed by atoms with Crippen molar-refractivity contribution in [3.05, 3.63) is 57.6 Å². The van der Waals surface area contributed by atoms with Crippen molar-refractivity contribution >= 4 is 34.8 Å². The topological polar surface area (TPSA) is 42.0 Å². The quantitative estimate of drug-likeness (QED) is 0.849. The van der Waals surface area contributed by atoms with Crippen molar-refractivity contribution in [1.82, 2.24) is 4.98 Å². The molecule has 0 bridgehead atoms. The SMILES string of the molecule is Cc1ccc(Cl)nc1C(=O)Nc1ccc(F)cc1Cl. The van der Waals surface area contributed by atoms with Gasteiger partial charge in [-0.1, -0.05) is 29.3 Å². The number of aryl methyl sites for hydroxylation is 1. The molecule has 0 fully saturated rings. The summed E-state index contributed by atoms with van der Waals surface area (Å²) in [6.45, 7) is 1.74. The highest BCUT2D eigenvalue weighted by molar-refractivity contribution is 6.34. The third-order valence-electron chi connectivity index (χ3n) is 2.46. The number of carbonyl (C=O) groups excluding carboxylic acids is 1. The van der Waals surface area contributed by atoms with Crippen LogP contribution in [-0.4, -0.2) is 10.9 Å². The molecule has 2 aromatic rings. The monoisotopic (exact) mass is 298 g/mol. The lowest BCUT2D eigenvalue weighted by Gasteiger charge is -2.08. The molecular weight excluding hydrogens is 290 g/mol. The second-order valence-electron chi connectivity index (χ2n) is 3.88. The molecule has 98 valence electrons. The summed E-state index contributed by atoms with van der Waals surface area (Å²) in [5, 5.41) is 2.90. The Bertz CT molecular complexity index is 647. The van der Waals surface area contributed by atoms with Gasteiger partial charge in [0.25, 0.3) is 5.91 Å². The Labute approximate surface area is 119 Å². The maximum absolute atomic E-state index is 12.9. The van der Waals surface area contributed by atoms with Crippen molar-refractivity contribution in [2.75, 3.05) is 5.32 Å². The number of nitrogens with zero attached hydrogens (tertiary/aromatic N) is 1. The van der Waals surface area contributed by atoms with Gasteiger partial charge in [0.1, 0.15) is 16.7 Å². The van der Waals surface area contributed by atoms with Crippen LogP contribution in [0.2, 0.25) is 10.2 Å². The lowest BCUT2D eigenvalue weighted by Crippen LogP contribution is -2.15. The number of halogens is 3. The van der Waals surface area contributed by atoms with Crippen LogP contribution in [-0.2, 0) is 0 Å². The highest BCUT2D eigenvalue weighted by Crippen LogP contribution is 2.23. The van der Waals surface area contributed by atoms with E-state index < -0.39 is 11.7 Å². The lowest BCUT2D eigenvalue weighted by atomic mass is 10.2. The zero-order valence-electron chi connectivity index (χ0n) is 9.88. The largest absolute Gasteiger partial charge is 0.319 e. The van der Waals surface area contributed by atoms with Gasteiger partial charge >= 0.3 is 0 Å². The normalized spacial score (nSPS) is 10.3. The third-order valence-corrected chi connectivity index (χ3v) is 2.98. The molecule has 0 atom stereocenters. The van der Waals surface area contributed by atoms with E-state index in [1.54, 1.807) is 19.1 Å². The molecule has 0 unspecified atom stereocenters. The molecule has 2 rings (SSSR count). The van der Waals surface area contributed by atoms with Crippen molar-refractivity contribution in [3.8, 4) is 0 Å². The van der Waals surface area contributed by atoms with E-state index in [1.807, 2.05) is 0 Å². The lowest BCUT2D eigenvalue weighted by molar-refractivity contribution is 0.102. The average molecular weight is 299 g/mol. The van der Waals surface area contributed by atoms with E-state index in [1.165, 1.54) is 12.1 Å². The molecule has 0 aliphatic rings. The second kappa shape index (κ2) is 5.55. The fourth-order valence-electron chi connectivity index (χ4n) is 1.51. The molecule has 1 heterocycles. The first-order valence-electron chi connectivity index (χ1n) is 5.37. The first kappa shape index (κ1) is 13.8. The van der Waals surface area contributed by atoms with Gasteiger partial charge < -0.3 is 5.32 Å². The Morgan fingerprint density at radius 1 is 1.26 bits per heavy atom. The van der Waals surface area contributed by atoms with Crippen molar-refractivity contribution < 1.29 is 9.18 Å². The summed E-state index contributed by atoms with van der Waals surface area (Å²) in [5.41, 5.74) is 1.20. The highest BCUT2D eigenvalue weighted by atomic mass is 35.5. The van der Waals surface area contributed by atoms with Gasteiger partial charge in [0.2, 0.25) is 0 Å². The molecule has 3 nitrogen and oxygen atoms in total. The smallest absolute Gasteiger partial charge is 0.274 e. The maximum Gasteiger partial charge on any atom is 0.274 e. The minimum Gasteiger partial charge on any atom is -0.319 e. The van der Waals surface area contributed by atoms with E-state index in [0.717, 1.165) is 6.07 Å². The number of carbonyl (C=O) groups is 1. The van der Waals surface area contributed by atoms with Gasteiger partial charge in [-0.05, 0) is 36.8 Å². The number of anilines is 1. The van der Waals surface area contributed by atoms with E-state index in [4.69, 9.17) is 23.2 Å². The molecule has 0 saturated heterocycles. The van der Waals surface area contributed by atoms with Gasteiger partial charge in [-0.25, -0.2) is 9.37 Å². The Balaban J connectivity index is 2.28.